The van der Waals surface area contributed by atoms with E-state index in [-0.39, 0.29) is 13.2 Å². The van der Waals surface area contributed by atoms with Crippen LogP contribution in [0.2, 0.25) is 0 Å². The summed E-state index contributed by atoms with van der Waals surface area (Å²) in [5, 5.41) is 3.89. The molecule has 0 aliphatic carbocycles. The molecule has 2 aromatic heterocycles. The van der Waals surface area contributed by atoms with Crippen molar-refractivity contribution in [1.82, 2.24) is 9.97 Å². The van der Waals surface area contributed by atoms with E-state index >= 15 is 0 Å². The van der Waals surface area contributed by atoms with Gasteiger partial charge in [-0.25, -0.2) is 19.6 Å². The summed E-state index contributed by atoms with van der Waals surface area (Å²) in [4.78, 5) is 34.3. The van der Waals surface area contributed by atoms with Gasteiger partial charge in [-0.1, -0.05) is 72.8 Å². The van der Waals surface area contributed by atoms with Crippen LogP contribution in [0.4, 0.5) is 0 Å². The van der Waals surface area contributed by atoms with Crippen molar-refractivity contribution in [2.24, 2.45) is 0 Å². The Labute approximate surface area is 242 Å². The molecule has 6 rings (SSSR count). The molecular formula is C36H28N2O4. The number of hydrogen-bond acceptors (Lipinski definition) is 6. The smallest absolute Gasteiger partial charge is 0.330 e. The van der Waals surface area contributed by atoms with Crippen LogP contribution in [-0.4, -0.2) is 35.1 Å². The number of benzene rings is 4. The molecule has 0 radical (unpaired) electrons. The van der Waals surface area contributed by atoms with Gasteiger partial charge in [-0.2, -0.15) is 0 Å². The van der Waals surface area contributed by atoms with Gasteiger partial charge in [0.25, 0.3) is 0 Å². The average molecular weight is 553 g/mol. The monoisotopic (exact) mass is 552 g/mol. The van der Waals surface area contributed by atoms with Gasteiger partial charge in [0.15, 0.2) is 0 Å². The van der Waals surface area contributed by atoms with Gasteiger partial charge in [0, 0.05) is 33.7 Å². The van der Waals surface area contributed by atoms with Crippen LogP contribution in [0, 0.1) is 0 Å². The fourth-order valence-corrected chi connectivity index (χ4v) is 5.05. The van der Waals surface area contributed by atoms with E-state index in [1.807, 2.05) is 97.1 Å². The lowest BCUT2D eigenvalue weighted by Gasteiger charge is -2.08. The molecule has 0 aliphatic rings. The van der Waals surface area contributed by atoms with Crippen LogP contribution in [-0.2, 0) is 19.1 Å². The highest BCUT2D eigenvalue weighted by Gasteiger charge is 2.09. The summed E-state index contributed by atoms with van der Waals surface area (Å²) in [5.41, 5.74) is 5.35. The lowest BCUT2D eigenvalue weighted by Crippen LogP contribution is -2.06. The molecule has 0 unspecified atom stereocenters. The van der Waals surface area contributed by atoms with Crippen molar-refractivity contribution in [3.05, 3.63) is 120 Å². The number of pyridine rings is 2. The third kappa shape index (κ3) is 5.88. The molecular weight excluding hydrogens is 524 g/mol. The van der Waals surface area contributed by atoms with E-state index in [0.717, 1.165) is 54.7 Å². The zero-order valence-corrected chi connectivity index (χ0v) is 22.9. The average Bonchev–Trinajstić information content (AvgIpc) is 3.02. The largest absolute Gasteiger partial charge is 0.463 e. The number of hydrogen-bond donors (Lipinski definition) is 0. The zero-order valence-electron chi connectivity index (χ0n) is 22.9. The number of para-hydroxylation sites is 4. The Bertz CT molecular complexity index is 1740. The van der Waals surface area contributed by atoms with Crippen LogP contribution in [0.15, 0.2) is 109 Å². The minimum Gasteiger partial charge on any atom is -0.463 e. The van der Waals surface area contributed by atoms with E-state index in [4.69, 9.17) is 19.4 Å². The molecule has 0 atom stereocenters. The van der Waals surface area contributed by atoms with Gasteiger partial charge >= 0.3 is 11.9 Å². The van der Waals surface area contributed by atoms with Gasteiger partial charge in [0.05, 0.1) is 35.3 Å². The third-order valence-corrected chi connectivity index (χ3v) is 7.06. The number of fused-ring (bicyclic) bond motifs is 4. The normalized spacial score (nSPS) is 11.7. The summed E-state index contributed by atoms with van der Waals surface area (Å²) < 4.78 is 10.8. The van der Waals surface area contributed by atoms with Crippen LogP contribution in [0.25, 0.3) is 55.8 Å². The van der Waals surface area contributed by atoms with Crippen LogP contribution in [0.1, 0.15) is 24.0 Å². The lowest BCUT2D eigenvalue weighted by molar-refractivity contribution is -0.140. The first-order chi connectivity index (χ1) is 20.7. The number of aromatic nitrogens is 2. The first-order valence-electron chi connectivity index (χ1n) is 13.9. The third-order valence-electron chi connectivity index (χ3n) is 7.06. The Morgan fingerprint density at radius 3 is 1.14 bits per heavy atom. The number of esters is 2. The zero-order chi connectivity index (χ0) is 28.7. The summed E-state index contributed by atoms with van der Waals surface area (Å²) in [5.74, 6) is -0.839. The van der Waals surface area contributed by atoms with Crippen molar-refractivity contribution in [2.45, 2.75) is 12.8 Å². The molecule has 4 aromatic carbocycles. The van der Waals surface area contributed by atoms with Gasteiger partial charge < -0.3 is 9.47 Å². The topological polar surface area (TPSA) is 78.4 Å². The van der Waals surface area contributed by atoms with E-state index in [9.17, 15) is 9.59 Å². The molecule has 0 fully saturated rings. The fraction of sp³-hybridized carbons (Fsp3) is 0.111. The number of ether oxygens (including phenoxy) is 2. The second kappa shape index (κ2) is 12.4. The van der Waals surface area contributed by atoms with Crippen molar-refractivity contribution in [1.29, 1.82) is 0 Å². The molecule has 6 heteroatoms. The molecule has 0 saturated heterocycles. The van der Waals surface area contributed by atoms with Gasteiger partial charge in [-0.05, 0) is 60.4 Å². The Morgan fingerprint density at radius 1 is 0.500 bits per heavy atom. The SMILES string of the molecule is O=C(C=Cc1c2ccccc2nc2ccccc12)OCCCCOC(=O)C=Cc1c2ccccc2nc2ccccc12. The number of carbonyl (C=O) groups excluding carboxylic acids is 2. The molecule has 206 valence electrons. The highest BCUT2D eigenvalue weighted by molar-refractivity contribution is 6.05. The van der Waals surface area contributed by atoms with E-state index in [2.05, 4.69) is 0 Å². The van der Waals surface area contributed by atoms with Crippen LogP contribution < -0.4 is 0 Å². The predicted molar refractivity (Wildman–Crippen MR) is 168 cm³/mol. The summed E-state index contributed by atoms with van der Waals surface area (Å²) in [7, 11) is 0. The second-order valence-corrected chi connectivity index (χ2v) is 9.83. The summed E-state index contributed by atoms with van der Waals surface area (Å²) in [6, 6.07) is 31.5. The minimum atomic E-state index is -0.420. The summed E-state index contributed by atoms with van der Waals surface area (Å²) >= 11 is 0. The minimum absolute atomic E-state index is 0.239. The maximum Gasteiger partial charge on any atom is 0.330 e. The number of unbranched alkanes of at least 4 members (excludes halogenated alkanes) is 1. The molecule has 0 aliphatic heterocycles. The Balaban J connectivity index is 1.00. The maximum atomic E-state index is 12.4. The van der Waals surface area contributed by atoms with Gasteiger partial charge in [-0.3, -0.25) is 0 Å². The van der Waals surface area contributed by atoms with E-state index in [0.29, 0.717) is 12.8 Å². The Morgan fingerprint density at radius 2 is 0.810 bits per heavy atom. The van der Waals surface area contributed by atoms with E-state index in [1.54, 1.807) is 12.2 Å². The van der Waals surface area contributed by atoms with Crippen LogP contribution >= 0.6 is 0 Å². The number of nitrogens with zero attached hydrogens (tertiary/aromatic N) is 2. The lowest BCUT2D eigenvalue weighted by atomic mass is 10.0. The maximum absolute atomic E-state index is 12.4. The molecule has 6 nitrogen and oxygen atoms in total. The molecule has 0 amide bonds. The number of carbonyl (C=O) groups is 2. The van der Waals surface area contributed by atoms with Crippen LogP contribution in [0.5, 0.6) is 0 Å². The van der Waals surface area contributed by atoms with Gasteiger partial charge in [0.1, 0.15) is 0 Å². The summed E-state index contributed by atoms with van der Waals surface area (Å²) in [6.45, 7) is 0.479. The Kier molecular flexibility index (Phi) is 7.95. The molecule has 6 aromatic rings. The number of rotatable bonds is 9. The second-order valence-electron chi connectivity index (χ2n) is 9.83. The van der Waals surface area contributed by atoms with Crippen molar-refractivity contribution >= 4 is 67.7 Å². The van der Waals surface area contributed by atoms with E-state index < -0.39 is 11.9 Å². The molecule has 2 heterocycles. The Hall–Kier alpha value is -5.36. The highest BCUT2D eigenvalue weighted by atomic mass is 16.5. The summed E-state index contributed by atoms with van der Waals surface area (Å²) in [6.07, 6.45) is 7.64. The molecule has 0 spiro atoms. The van der Waals surface area contributed by atoms with Crippen molar-refractivity contribution < 1.29 is 19.1 Å². The van der Waals surface area contributed by atoms with Crippen LogP contribution in [0.3, 0.4) is 0 Å². The van der Waals surface area contributed by atoms with Gasteiger partial charge in [0.2, 0.25) is 0 Å². The molecule has 0 saturated carbocycles. The standard InChI is InChI=1S/C36H28N2O4/c39-35(21-19-25-27-11-1-5-15-31(27)37-32-16-6-2-12-28(25)32)41-23-9-10-24-42-36(40)22-20-26-29-13-3-7-17-33(29)38-34-18-8-4-14-30(26)34/h1-8,11-22H,9-10,23-24H2. The molecule has 0 N–H and O–H groups in total. The predicted octanol–water partition coefficient (Wildman–Crippen LogP) is 7.68. The van der Waals surface area contributed by atoms with Crippen molar-refractivity contribution in [3.63, 3.8) is 0 Å². The first kappa shape index (κ1) is 26.8. The molecule has 0 bridgehead atoms. The van der Waals surface area contributed by atoms with Crippen molar-refractivity contribution in [2.75, 3.05) is 13.2 Å². The molecule has 42 heavy (non-hydrogen) atoms. The highest BCUT2D eigenvalue weighted by Crippen LogP contribution is 2.28. The van der Waals surface area contributed by atoms with E-state index in [1.165, 1.54) is 12.2 Å². The quantitative estimate of drug-likeness (QED) is 0.0792. The first-order valence-corrected chi connectivity index (χ1v) is 13.9. The van der Waals surface area contributed by atoms with Gasteiger partial charge in [-0.15, -0.1) is 0 Å². The fourth-order valence-electron chi connectivity index (χ4n) is 5.05. The van der Waals surface area contributed by atoms with Crippen molar-refractivity contribution in [3.8, 4) is 0 Å².